The van der Waals surface area contributed by atoms with Crippen LogP contribution < -0.4 is 10.1 Å². The van der Waals surface area contributed by atoms with Crippen molar-refractivity contribution in [2.45, 2.75) is 32.2 Å². The lowest BCUT2D eigenvalue weighted by atomic mass is 10.0. The molecule has 156 valence electrons. The number of ether oxygens (including phenoxy) is 2. The molecule has 3 rings (SSSR count). The van der Waals surface area contributed by atoms with Crippen LogP contribution in [0.1, 0.15) is 47.0 Å². The van der Waals surface area contributed by atoms with Crippen molar-refractivity contribution in [1.29, 1.82) is 0 Å². The highest BCUT2D eigenvalue weighted by molar-refractivity contribution is 5.92. The first kappa shape index (κ1) is 20.9. The van der Waals surface area contributed by atoms with Crippen LogP contribution in [-0.2, 0) is 9.53 Å². The van der Waals surface area contributed by atoms with Crippen molar-refractivity contribution in [3.05, 3.63) is 53.5 Å². The van der Waals surface area contributed by atoms with Gasteiger partial charge < -0.3 is 19.2 Å². The lowest BCUT2D eigenvalue weighted by molar-refractivity contribution is -0.124. The summed E-state index contributed by atoms with van der Waals surface area (Å²) >= 11 is 0. The van der Waals surface area contributed by atoms with Gasteiger partial charge in [0.15, 0.2) is 6.61 Å². The Morgan fingerprint density at radius 3 is 2.48 bits per heavy atom. The molecule has 2 heterocycles. The minimum Gasteiger partial charge on any atom is -0.497 e. The molecule has 1 fully saturated rings. The number of benzene rings is 1. The molecule has 1 saturated heterocycles. The maximum Gasteiger partial charge on any atom is 0.342 e. The largest absolute Gasteiger partial charge is 0.497 e. The van der Waals surface area contributed by atoms with Gasteiger partial charge in [0.25, 0.3) is 5.91 Å². The molecule has 0 spiro atoms. The standard InChI is InChI=1S/C22H28N2O5/c1-16-19(10-13-28-16)22(26)29-15-21(25)23-14-20(24-11-4-3-5-12-24)17-6-8-18(27-2)9-7-17/h6-10,13,20H,3-5,11-12,14-15H2,1-2H3,(H,23,25)/t20-/m1/s1. The van der Waals surface area contributed by atoms with Crippen molar-refractivity contribution in [3.63, 3.8) is 0 Å². The molecule has 1 aliphatic heterocycles. The van der Waals surface area contributed by atoms with E-state index in [1.165, 1.54) is 18.8 Å². The first-order valence-electron chi connectivity index (χ1n) is 9.94. The van der Waals surface area contributed by atoms with Crippen LogP contribution in [0.3, 0.4) is 0 Å². The summed E-state index contributed by atoms with van der Waals surface area (Å²) < 4.78 is 15.4. The third-order valence-electron chi connectivity index (χ3n) is 5.24. The summed E-state index contributed by atoms with van der Waals surface area (Å²) in [6.07, 6.45) is 4.97. The van der Waals surface area contributed by atoms with Crippen molar-refractivity contribution < 1.29 is 23.5 Å². The van der Waals surface area contributed by atoms with E-state index in [-0.39, 0.29) is 18.6 Å². The van der Waals surface area contributed by atoms with Gasteiger partial charge in [-0.3, -0.25) is 9.69 Å². The van der Waals surface area contributed by atoms with Gasteiger partial charge in [-0.2, -0.15) is 0 Å². The van der Waals surface area contributed by atoms with Crippen molar-refractivity contribution in [2.75, 3.05) is 33.4 Å². The number of nitrogens with zero attached hydrogens (tertiary/aromatic N) is 1. The molecule has 7 heteroatoms. The Balaban J connectivity index is 1.57. The van der Waals surface area contributed by atoms with E-state index in [1.54, 1.807) is 14.0 Å². The normalized spacial score (nSPS) is 15.5. The van der Waals surface area contributed by atoms with Crippen LogP contribution in [-0.4, -0.2) is 50.1 Å². The highest BCUT2D eigenvalue weighted by Crippen LogP contribution is 2.25. The second-order valence-electron chi connectivity index (χ2n) is 7.16. The zero-order chi connectivity index (χ0) is 20.6. The van der Waals surface area contributed by atoms with E-state index in [0.29, 0.717) is 17.9 Å². The first-order chi connectivity index (χ1) is 14.1. The van der Waals surface area contributed by atoms with Crippen LogP contribution in [0.5, 0.6) is 5.75 Å². The van der Waals surface area contributed by atoms with Gasteiger partial charge in [-0.15, -0.1) is 0 Å². The summed E-state index contributed by atoms with van der Waals surface area (Å²) in [5.41, 5.74) is 1.46. The smallest absolute Gasteiger partial charge is 0.342 e. The van der Waals surface area contributed by atoms with E-state index in [9.17, 15) is 9.59 Å². The Kier molecular flexibility index (Phi) is 7.30. The summed E-state index contributed by atoms with van der Waals surface area (Å²) in [7, 11) is 1.64. The molecule has 0 radical (unpaired) electrons. The molecule has 29 heavy (non-hydrogen) atoms. The first-order valence-corrected chi connectivity index (χ1v) is 9.94. The van der Waals surface area contributed by atoms with Gasteiger partial charge in [0, 0.05) is 6.54 Å². The average Bonchev–Trinajstić information content (AvgIpc) is 3.19. The molecule has 0 bridgehead atoms. The van der Waals surface area contributed by atoms with Crippen LogP contribution in [0.4, 0.5) is 0 Å². The van der Waals surface area contributed by atoms with Crippen molar-refractivity contribution in [2.24, 2.45) is 0 Å². The minimum atomic E-state index is -0.561. The van der Waals surface area contributed by atoms with Gasteiger partial charge in [0.2, 0.25) is 0 Å². The number of nitrogens with one attached hydrogen (secondary N) is 1. The van der Waals surface area contributed by atoms with Crippen LogP contribution in [0.2, 0.25) is 0 Å². The fraction of sp³-hybridized carbons (Fsp3) is 0.455. The van der Waals surface area contributed by atoms with E-state index in [1.807, 2.05) is 24.3 Å². The summed E-state index contributed by atoms with van der Waals surface area (Å²) in [4.78, 5) is 26.7. The monoisotopic (exact) mass is 400 g/mol. The zero-order valence-electron chi connectivity index (χ0n) is 17.0. The molecule has 1 N–H and O–H groups in total. The molecule has 1 amide bonds. The highest BCUT2D eigenvalue weighted by atomic mass is 16.5. The third kappa shape index (κ3) is 5.60. The number of amides is 1. The maximum atomic E-state index is 12.3. The van der Waals surface area contributed by atoms with E-state index in [4.69, 9.17) is 13.9 Å². The predicted molar refractivity (Wildman–Crippen MR) is 108 cm³/mol. The average molecular weight is 400 g/mol. The summed E-state index contributed by atoms with van der Waals surface area (Å²) in [5.74, 6) is 0.390. The number of likely N-dealkylation sites (tertiary alicyclic amines) is 1. The molecule has 1 atom stereocenters. The van der Waals surface area contributed by atoms with Crippen LogP contribution in [0.25, 0.3) is 0 Å². The number of piperidine rings is 1. The third-order valence-corrected chi connectivity index (χ3v) is 5.24. The predicted octanol–water partition coefficient (Wildman–Crippen LogP) is 3.10. The Bertz CT molecular complexity index is 809. The van der Waals surface area contributed by atoms with Gasteiger partial charge in [-0.25, -0.2) is 4.79 Å². The Morgan fingerprint density at radius 2 is 1.86 bits per heavy atom. The van der Waals surface area contributed by atoms with E-state index < -0.39 is 5.97 Å². The molecule has 0 unspecified atom stereocenters. The molecular weight excluding hydrogens is 372 g/mol. The number of aryl methyl sites for hydroxylation is 1. The number of esters is 1. The molecule has 2 aromatic rings. The van der Waals surface area contributed by atoms with Crippen molar-refractivity contribution in [3.8, 4) is 5.75 Å². The van der Waals surface area contributed by atoms with Crippen molar-refractivity contribution >= 4 is 11.9 Å². The minimum absolute atomic E-state index is 0.0666. The molecular formula is C22H28N2O5. The fourth-order valence-corrected chi connectivity index (χ4v) is 3.58. The zero-order valence-corrected chi connectivity index (χ0v) is 17.0. The quantitative estimate of drug-likeness (QED) is 0.686. The van der Waals surface area contributed by atoms with Gasteiger partial charge in [-0.1, -0.05) is 18.6 Å². The topological polar surface area (TPSA) is 81.0 Å². The summed E-state index contributed by atoms with van der Waals surface area (Å²) in [5, 5.41) is 2.91. The molecule has 1 aliphatic rings. The molecule has 7 nitrogen and oxygen atoms in total. The number of furan rings is 1. The van der Waals surface area contributed by atoms with Crippen LogP contribution in [0, 0.1) is 6.92 Å². The number of methoxy groups -OCH3 is 1. The highest BCUT2D eigenvalue weighted by Gasteiger charge is 2.23. The maximum absolute atomic E-state index is 12.3. The lowest BCUT2D eigenvalue weighted by Crippen LogP contribution is -2.41. The number of hydrogen-bond acceptors (Lipinski definition) is 6. The number of carbonyl (C=O) groups is 2. The van der Waals surface area contributed by atoms with Gasteiger partial charge >= 0.3 is 5.97 Å². The van der Waals surface area contributed by atoms with Crippen LogP contribution in [0.15, 0.2) is 41.0 Å². The van der Waals surface area contributed by atoms with Crippen LogP contribution >= 0.6 is 0 Å². The van der Waals surface area contributed by atoms with Gasteiger partial charge in [-0.05, 0) is 56.6 Å². The lowest BCUT2D eigenvalue weighted by Gasteiger charge is -2.35. The Morgan fingerprint density at radius 1 is 1.14 bits per heavy atom. The SMILES string of the molecule is COc1ccc([C@@H](CNC(=O)COC(=O)c2ccoc2C)N2CCCCC2)cc1. The molecule has 0 aliphatic carbocycles. The fourth-order valence-electron chi connectivity index (χ4n) is 3.58. The molecule has 0 saturated carbocycles. The van der Waals surface area contributed by atoms with Crippen molar-refractivity contribution in [1.82, 2.24) is 10.2 Å². The van der Waals surface area contributed by atoms with E-state index >= 15 is 0 Å². The Hall–Kier alpha value is -2.80. The summed E-state index contributed by atoms with van der Waals surface area (Å²) in [6, 6.07) is 9.53. The van der Waals surface area contributed by atoms with E-state index in [2.05, 4.69) is 10.2 Å². The van der Waals surface area contributed by atoms with Gasteiger partial charge in [0.1, 0.15) is 17.1 Å². The molecule has 1 aromatic carbocycles. The number of hydrogen-bond donors (Lipinski definition) is 1. The second-order valence-corrected chi connectivity index (χ2v) is 7.16. The molecule has 1 aromatic heterocycles. The van der Waals surface area contributed by atoms with Gasteiger partial charge in [0.05, 0.1) is 19.4 Å². The van der Waals surface area contributed by atoms with E-state index in [0.717, 1.165) is 37.2 Å². The Labute approximate surface area is 171 Å². The summed E-state index contributed by atoms with van der Waals surface area (Å²) in [6.45, 7) is 3.81. The number of carbonyl (C=O) groups excluding carboxylic acids is 2. The number of rotatable bonds is 8. The second kappa shape index (κ2) is 10.1.